The van der Waals surface area contributed by atoms with Crippen LogP contribution in [0.1, 0.15) is 36.5 Å². The van der Waals surface area contributed by atoms with Gasteiger partial charge in [0.25, 0.3) is 0 Å². The van der Waals surface area contributed by atoms with E-state index < -0.39 is 0 Å². The zero-order chi connectivity index (χ0) is 22.3. The van der Waals surface area contributed by atoms with Crippen molar-refractivity contribution in [2.75, 3.05) is 11.9 Å². The van der Waals surface area contributed by atoms with Crippen LogP contribution < -0.4 is 10.1 Å². The van der Waals surface area contributed by atoms with Gasteiger partial charge in [-0.2, -0.15) is 5.10 Å². The molecule has 32 heavy (non-hydrogen) atoms. The number of carbonyl (C=O) groups is 1. The molecule has 0 saturated heterocycles. The SMILES string of the molecule is CC1(C)Cc2cc(NC(=O)N3CC(c4ccccc4)C(c4ccc(F)cc4)=N3)ccc2O1. The van der Waals surface area contributed by atoms with Crippen LogP contribution in [0.15, 0.2) is 77.9 Å². The van der Waals surface area contributed by atoms with E-state index in [-0.39, 0.29) is 23.4 Å². The van der Waals surface area contributed by atoms with E-state index >= 15 is 0 Å². The van der Waals surface area contributed by atoms with Crippen LogP contribution in [-0.2, 0) is 6.42 Å². The highest BCUT2D eigenvalue weighted by atomic mass is 19.1. The highest BCUT2D eigenvalue weighted by Gasteiger charge is 2.33. The lowest BCUT2D eigenvalue weighted by Gasteiger charge is -2.16. The van der Waals surface area contributed by atoms with Crippen LogP contribution in [0.25, 0.3) is 0 Å². The number of urea groups is 1. The number of anilines is 1. The summed E-state index contributed by atoms with van der Waals surface area (Å²) in [4.78, 5) is 13.1. The molecule has 1 unspecified atom stereocenters. The van der Waals surface area contributed by atoms with E-state index in [4.69, 9.17) is 4.74 Å². The third kappa shape index (κ3) is 3.96. The summed E-state index contributed by atoms with van der Waals surface area (Å²) in [6.45, 7) is 4.50. The molecule has 6 heteroatoms. The molecule has 5 rings (SSSR count). The average molecular weight is 429 g/mol. The zero-order valence-electron chi connectivity index (χ0n) is 18.0. The molecule has 0 radical (unpaired) electrons. The Morgan fingerprint density at radius 1 is 1.09 bits per heavy atom. The molecule has 1 atom stereocenters. The Bertz CT molecular complexity index is 1190. The summed E-state index contributed by atoms with van der Waals surface area (Å²) in [6, 6.07) is 21.5. The Labute approximate surface area is 186 Å². The Hall–Kier alpha value is -3.67. The fourth-order valence-corrected chi connectivity index (χ4v) is 4.33. The fourth-order valence-electron chi connectivity index (χ4n) is 4.33. The molecular weight excluding hydrogens is 405 g/mol. The van der Waals surface area contributed by atoms with Gasteiger partial charge in [-0.3, -0.25) is 0 Å². The molecule has 162 valence electrons. The molecule has 1 N–H and O–H groups in total. The number of ether oxygens (including phenoxy) is 1. The number of nitrogens with zero attached hydrogens (tertiary/aromatic N) is 2. The number of carbonyl (C=O) groups excluding carboxylic acids is 1. The minimum absolute atomic E-state index is 0.0957. The van der Waals surface area contributed by atoms with Crippen LogP contribution in [-0.4, -0.2) is 28.9 Å². The molecule has 0 aliphatic carbocycles. The number of hydrogen-bond donors (Lipinski definition) is 1. The Morgan fingerprint density at radius 3 is 2.59 bits per heavy atom. The second-order valence-electron chi connectivity index (χ2n) is 8.83. The van der Waals surface area contributed by atoms with Crippen LogP contribution >= 0.6 is 0 Å². The second kappa shape index (κ2) is 7.79. The van der Waals surface area contributed by atoms with Crippen LogP contribution in [0.2, 0.25) is 0 Å². The first kappa shape index (κ1) is 20.2. The first-order chi connectivity index (χ1) is 15.4. The van der Waals surface area contributed by atoms with Gasteiger partial charge >= 0.3 is 6.03 Å². The van der Waals surface area contributed by atoms with Crippen molar-refractivity contribution >= 4 is 17.4 Å². The minimum Gasteiger partial charge on any atom is -0.487 e. The quantitative estimate of drug-likeness (QED) is 0.591. The summed E-state index contributed by atoms with van der Waals surface area (Å²) in [6.07, 6.45) is 0.790. The molecular formula is C26H24FN3O2. The molecule has 2 aliphatic heterocycles. The number of fused-ring (bicyclic) bond motifs is 1. The number of halogens is 1. The van der Waals surface area contributed by atoms with Gasteiger partial charge in [-0.1, -0.05) is 42.5 Å². The highest BCUT2D eigenvalue weighted by molar-refractivity contribution is 6.07. The number of hydrazone groups is 1. The van der Waals surface area contributed by atoms with Gasteiger partial charge in [-0.05, 0) is 55.3 Å². The van der Waals surface area contributed by atoms with Crippen molar-refractivity contribution in [3.05, 3.63) is 95.3 Å². The number of amides is 2. The van der Waals surface area contributed by atoms with Crippen LogP contribution in [0.3, 0.4) is 0 Å². The Balaban J connectivity index is 1.40. The summed E-state index contributed by atoms with van der Waals surface area (Å²) in [5.41, 5.74) is 4.14. The van der Waals surface area contributed by atoms with Crippen molar-refractivity contribution in [1.82, 2.24) is 5.01 Å². The fraction of sp³-hybridized carbons (Fsp3) is 0.231. The summed E-state index contributed by atoms with van der Waals surface area (Å²) in [5, 5.41) is 9.04. The predicted molar refractivity (Wildman–Crippen MR) is 123 cm³/mol. The van der Waals surface area contributed by atoms with E-state index in [1.807, 2.05) is 62.4 Å². The van der Waals surface area contributed by atoms with Crippen molar-refractivity contribution in [3.63, 3.8) is 0 Å². The third-order valence-electron chi connectivity index (χ3n) is 5.80. The van der Waals surface area contributed by atoms with Gasteiger partial charge in [0, 0.05) is 23.6 Å². The minimum atomic E-state index is -0.304. The van der Waals surface area contributed by atoms with E-state index in [0.717, 1.165) is 34.6 Å². The molecule has 2 aliphatic rings. The maximum Gasteiger partial charge on any atom is 0.342 e. The van der Waals surface area contributed by atoms with Gasteiger partial charge in [0.2, 0.25) is 0 Å². The van der Waals surface area contributed by atoms with Gasteiger partial charge in [0.15, 0.2) is 0 Å². The van der Waals surface area contributed by atoms with E-state index in [9.17, 15) is 9.18 Å². The summed E-state index contributed by atoms with van der Waals surface area (Å²) in [7, 11) is 0. The summed E-state index contributed by atoms with van der Waals surface area (Å²) in [5.74, 6) is 0.457. The number of benzene rings is 3. The van der Waals surface area contributed by atoms with Gasteiger partial charge in [-0.15, -0.1) is 0 Å². The maximum absolute atomic E-state index is 13.5. The average Bonchev–Trinajstić information content (AvgIpc) is 3.35. The molecule has 0 aromatic heterocycles. The lowest BCUT2D eigenvalue weighted by Crippen LogP contribution is -2.30. The molecule has 3 aromatic carbocycles. The molecule has 0 saturated carbocycles. The van der Waals surface area contributed by atoms with Crippen molar-refractivity contribution in [1.29, 1.82) is 0 Å². The van der Waals surface area contributed by atoms with Gasteiger partial charge in [0.1, 0.15) is 17.2 Å². The third-order valence-corrected chi connectivity index (χ3v) is 5.80. The van der Waals surface area contributed by atoms with Crippen LogP contribution in [0.4, 0.5) is 14.9 Å². The predicted octanol–water partition coefficient (Wildman–Crippen LogP) is 5.57. The maximum atomic E-state index is 13.5. The van der Waals surface area contributed by atoms with E-state index in [2.05, 4.69) is 10.4 Å². The molecule has 2 amide bonds. The largest absolute Gasteiger partial charge is 0.487 e. The molecule has 0 bridgehead atoms. The Kier molecular flexibility index (Phi) is 4.93. The smallest absolute Gasteiger partial charge is 0.342 e. The number of rotatable bonds is 3. The van der Waals surface area contributed by atoms with Gasteiger partial charge in [-0.25, -0.2) is 14.2 Å². The van der Waals surface area contributed by atoms with E-state index in [1.54, 1.807) is 12.1 Å². The van der Waals surface area contributed by atoms with Gasteiger partial charge in [0.05, 0.1) is 12.3 Å². The summed E-state index contributed by atoms with van der Waals surface area (Å²) >= 11 is 0. The summed E-state index contributed by atoms with van der Waals surface area (Å²) < 4.78 is 19.4. The van der Waals surface area contributed by atoms with Crippen molar-refractivity contribution < 1.29 is 13.9 Å². The second-order valence-corrected chi connectivity index (χ2v) is 8.83. The number of nitrogens with one attached hydrogen (secondary N) is 1. The lowest BCUT2D eigenvalue weighted by atomic mass is 9.91. The van der Waals surface area contributed by atoms with E-state index in [1.165, 1.54) is 17.1 Å². The molecule has 3 aromatic rings. The molecule has 5 nitrogen and oxygen atoms in total. The lowest BCUT2D eigenvalue weighted by molar-refractivity contribution is 0.138. The van der Waals surface area contributed by atoms with Crippen LogP contribution in [0, 0.1) is 5.82 Å². The first-order valence-corrected chi connectivity index (χ1v) is 10.7. The van der Waals surface area contributed by atoms with Crippen molar-refractivity contribution in [2.24, 2.45) is 5.10 Å². The topological polar surface area (TPSA) is 53.9 Å². The normalized spacial score (nSPS) is 18.7. The number of hydrogen-bond acceptors (Lipinski definition) is 3. The molecule has 2 heterocycles. The van der Waals surface area contributed by atoms with Crippen molar-refractivity contribution in [2.45, 2.75) is 31.8 Å². The van der Waals surface area contributed by atoms with Gasteiger partial charge < -0.3 is 10.1 Å². The first-order valence-electron chi connectivity index (χ1n) is 10.7. The monoisotopic (exact) mass is 429 g/mol. The van der Waals surface area contributed by atoms with Crippen molar-refractivity contribution in [3.8, 4) is 5.75 Å². The standard InChI is InChI=1S/C26H24FN3O2/c1-26(2)15-19-14-21(12-13-23(19)32-26)28-25(31)30-16-22(17-6-4-3-5-7-17)24(29-30)18-8-10-20(27)11-9-18/h3-14,22H,15-16H2,1-2H3,(H,28,31). The Morgan fingerprint density at radius 2 is 1.84 bits per heavy atom. The van der Waals surface area contributed by atoms with E-state index in [0.29, 0.717) is 12.2 Å². The highest BCUT2D eigenvalue weighted by Crippen LogP contribution is 2.36. The van der Waals surface area contributed by atoms with Crippen LogP contribution in [0.5, 0.6) is 5.75 Å². The molecule has 0 fully saturated rings. The molecule has 0 spiro atoms. The zero-order valence-corrected chi connectivity index (χ0v) is 18.0.